The number of hydrogen-bond donors (Lipinski definition) is 1. The predicted octanol–water partition coefficient (Wildman–Crippen LogP) is 6.89. The third kappa shape index (κ3) is 8.56. The Kier molecular flexibility index (Phi) is 11.7. The minimum atomic E-state index is -0.734. The van der Waals surface area contributed by atoms with E-state index in [1.807, 2.05) is 49.4 Å². The second kappa shape index (κ2) is 16.4. The van der Waals surface area contributed by atoms with Crippen molar-refractivity contribution in [2.45, 2.75) is 51.0 Å². The van der Waals surface area contributed by atoms with Crippen LogP contribution in [-0.2, 0) is 27.2 Å². The van der Waals surface area contributed by atoms with Gasteiger partial charge in [0.15, 0.2) is 23.9 Å². The van der Waals surface area contributed by atoms with E-state index in [4.69, 9.17) is 42.1 Å². The van der Waals surface area contributed by atoms with Crippen molar-refractivity contribution in [2.24, 2.45) is 5.92 Å². The van der Waals surface area contributed by atoms with Gasteiger partial charge in [-0.05, 0) is 74.2 Å². The summed E-state index contributed by atoms with van der Waals surface area (Å²) in [5.41, 5.74) is 2.17. The first kappa shape index (κ1) is 35.2. The largest absolute Gasteiger partial charge is 0.493 e. The Hall–Kier alpha value is -3.67. The van der Waals surface area contributed by atoms with Crippen LogP contribution in [0.3, 0.4) is 0 Å². The molecule has 2 aromatic carbocycles. The number of pyridine rings is 1. The van der Waals surface area contributed by atoms with Crippen LogP contribution >= 0.6 is 34.5 Å². The molecule has 258 valence electrons. The second-order valence-corrected chi connectivity index (χ2v) is 14.2. The molecule has 3 aliphatic rings. The van der Waals surface area contributed by atoms with Gasteiger partial charge in [0, 0.05) is 30.0 Å². The fourth-order valence-corrected chi connectivity index (χ4v) is 7.84. The lowest BCUT2D eigenvalue weighted by Crippen LogP contribution is -2.52. The number of aromatic nitrogens is 1. The number of hydrogen-bond acceptors (Lipinski definition) is 9. The van der Waals surface area contributed by atoms with Crippen LogP contribution in [0, 0.1) is 5.92 Å². The summed E-state index contributed by atoms with van der Waals surface area (Å²) >= 11 is 14.3. The van der Waals surface area contributed by atoms with Crippen LogP contribution in [0.4, 0.5) is 0 Å². The van der Waals surface area contributed by atoms with Crippen molar-refractivity contribution in [1.82, 2.24) is 10.2 Å². The van der Waals surface area contributed by atoms with Gasteiger partial charge in [-0.2, -0.15) is 0 Å². The van der Waals surface area contributed by atoms with Gasteiger partial charge < -0.3 is 18.9 Å². The van der Waals surface area contributed by atoms with Crippen LogP contribution in [0.5, 0.6) is 11.5 Å². The molecule has 0 radical (unpaired) electrons. The van der Waals surface area contributed by atoms with Crippen molar-refractivity contribution in [3.8, 4) is 11.5 Å². The smallest absolute Gasteiger partial charge is 0.348 e. The van der Waals surface area contributed by atoms with Crippen LogP contribution in [0.25, 0.3) is 0 Å². The second-order valence-electron chi connectivity index (χ2n) is 12.2. The average molecular weight is 726 g/mol. The fraction of sp³-hybridized carbons (Fsp3) is 0.378. The van der Waals surface area contributed by atoms with Gasteiger partial charge in [0.2, 0.25) is 0 Å². The minimum Gasteiger partial charge on any atom is -0.493 e. The summed E-state index contributed by atoms with van der Waals surface area (Å²) in [5, 5.41) is 4.25. The van der Waals surface area contributed by atoms with Crippen molar-refractivity contribution in [1.29, 1.82) is 0 Å². The van der Waals surface area contributed by atoms with E-state index in [0.717, 1.165) is 42.9 Å². The maximum absolute atomic E-state index is 13.6. The standard InChI is InChI=1S/C37H39Cl2N3O6S/c1-3-46-32-17-25(9-11-30(32)45-2)31(18-27-28(38)20-40-21-29(27)39)47-36(43)34-12-10-26(49-34)19-41-35(24-7-5-4-6-8-24)37(44)48-33-22-42-15-13-23(33)14-16-42/h4-12,17,20-21,23,31,33,35,41H,3,13-16,18-19,22H2,1-2H3/p+1/t31?,33-,35?/m0/s1. The molecule has 7 rings (SSSR count). The molecule has 2 N–H and O–H groups in total. The first-order valence-corrected chi connectivity index (χ1v) is 18.1. The van der Waals surface area contributed by atoms with E-state index >= 15 is 0 Å². The molecule has 2 bridgehead atoms. The van der Waals surface area contributed by atoms with Gasteiger partial charge in [-0.1, -0.05) is 59.6 Å². The molecular formula is C37H40Cl2N3O6S+. The highest BCUT2D eigenvalue weighted by Gasteiger charge is 2.38. The van der Waals surface area contributed by atoms with E-state index < -0.39 is 18.1 Å². The summed E-state index contributed by atoms with van der Waals surface area (Å²) in [6, 6.07) is 18.0. The molecule has 3 atom stereocenters. The van der Waals surface area contributed by atoms with Crippen LogP contribution < -0.4 is 19.8 Å². The normalized spacial score (nSPS) is 19.6. The molecule has 3 saturated heterocycles. The molecule has 49 heavy (non-hydrogen) atoms. The Morgan fingerprint density at radius 2 is 1.76 bits per heavy atom. The number of rotatable bonds is 14. The van der Waals surface area contributed by atoms with Crippen molar-refractivity contribution in [3.63, 3.8) is 0 Å². The van der Waals surface area contributed by atoms with E-state index in [9.17, 15) is 9.59 Å². The predicted molar refractivity (Wildman–Crippen MR) is 188 cm³/mol. The zero-order chi connectivity index (χ0) is 34.3. The first-order chi connectivity index (χ1) is 23.8. The van der Waals surface area contributed by atoms with Gasteiger partial charge in [-0.15, -0.1) is 11.3 Å². The van der Waals surface area contributed by atoms with E-state index in [1.54, 1.807) is 37.7 Å². The molecule has 0 aliphatic carbocycles. The van der Waals surface area contributed by atoms with Crippen LogP contribution in [0.15, 0.2) is 73.1 Å². The lowest BCUT2D eigenvalue weighted by molar-refractivity contribution is -0.377. The maximum atomic E-state index is 13.6. The van der Waals surface area contributed by atoms with Gasteiger partial charge in [-0.3, -0.25) is 10.2 Å². The van der Waals surface area contributed by atoms with Crippen LogP contribution in [0.2, 0.25) is 10.0 Å². The Morgan fingerprint density at radius 1 is 1.00 bits per heavy atom. The Bertz CT molecular complexity index is 1730. The number of carbonyl (C=O) groups is 2. The number of ether oxygens (including phenoxy) is 4. The summed E-state index contributed by atoms with van der Waals surface area (Å²) in [7, 11) is 1.57. The van der Waals surface area contributed by atoms with Crippen LogP contribution in [0.1, 0.15) is 63.2 Å². The molecule has 3 aliphatic heterocycles. The first-order valence-electron chi connectivity index (χ1n) is 16.5. The number of carbonyl (C=O) groups excluding carboxylic acids is 2. The number of nitrogens with zero attached hydrogens (tertiary/aromatic N) is 1. The number of nitrogens with one attached hydrogen (secondary N) is 2. The summed E-state index contributed by atoms with van der Waals surface area (Å²) in [6.07, 6.45) is 4.80. The SMILES string of the molecule is CCOc1cc(C(Cc2c(Cl)c[nH+]cc2Cl)OC(=O)c2ccc(CNC(C(=O)O[C@H]3CN4CCC3CC4)c3ccccc3)s2)ccc1OC. The molecule has 0 spiro atoms. The number of esters is 2. The lowest BCUT2D eigenvalue weighted by Gasteiger charge is -2.44. The molecule has 2 unspecified atom stereocenters. The number of piperidine rings is 3. The molecule has 0 amide bonds. The summed E-state index contributed by atoms with van der Waals surface area (Å²) in [5.74, 6) is 0.734. The molecule has 12 heteroatoms. The van der Waals surface area contributed by atoms with E-state index in [0.29, 0.717) is 56.6 Å². The van der Waals surface area contributed by atoms with Gasteiger partial charge >= 0.3 is 11.9 Å². The fourth-order valence-electron chi connectivity index (χ4n) is 6.46. The molecule has 9 nitrogen and oxygen atoms in total. The van der Waals surface area contributed by atoms with Gasteiger partial charge in [0.25, 0.3) is 0 Å². The van der Waals surface area contributed by atoms with Crippen molar-refractivity contribution in [2.75, 3.05) is 33.4 Å². The monoisotopic (exact) mass is 724 g/mol. The number of benzene rings is 2. The van der Waals surface area contributed by atoms with E-state index in [1.165, 1.54) is 11.3 Å². The van der Waals surface area contributed by atoms with E-state index in [-0.39, 0.29) is 18.5 Å². The molecule has 3 fully saturated rings. The minimum absolute atomic E-state index is 0.0897. The highest BCUT2D eigenvalue weighted by Crippen LogP contribution is 2.36. The lowest BCUT2D eigenvalue weighted by atomic mass is 9.86. The Morgan fingerprint density at radius 3 is 2.43 bits per heavy atom. The van der Waals surface area contributed by atoms with Crippen molar-refractivity contribution < 1.29 is 33.5 Å². The van der Waals surface area contributed by atoms with Gasteiger partial charge in [0.05, 0.1) is 13.7 Å². The van der Waals surface area contributed by atoms with Crippen molar-refractivity contribution >= 4 is 46.5 Å². The molecule has 5 heterocycles. The number of H-pyrrole nitrogens is 1. The van der Waals surface area contributed by atoms with Gasteiger partial charge in [0.1, 0.15) is 33.2 Å². The average Bonchev–Trinajstić information content (AvgIpc) is 3.60. The highest BCUT2D eigenvalue weighted by atomic mass is 35.5. The number of aromatic amines is 1. The maximum Gasteiger partial charge on any atom is 0.348 e. The number of halogens is 2. The number of fused-ring (bicyclic) bond motifs is 3. The van der Waals surface area contributed by atoms with Gasteiger partial charge in [-0.25, -0.2) is 14.6 Å². The Balaban J connectivity index is 1.17. The topological polar surface area (TPSA) is 100 Å². The third-order valence-electron chi connectivity index (χ3n) is 9.07. The quantitative estimate of drug-likeness (QED) is 0.141. The summed E-state index contributed by atoms with van der Waals surface area (Å²) in [4.78, 5) is 33.8. The summed E-state index contributed by atoms with van der Waals surface area (Å²) in [6.45, 7) is 5.62. The van der Waals surface area contributed by atoms with Crippen LogP contribution in [-0.4, -0.2) is 56.3 Å². The van der Waals surface area contributed by atoms with Crippen molar-refractivity contribution in [3.05, 3.63) is 110 Å². The molecule has 2 aromatic heterocycles. The summed E-state index contributed by atoms with van der Waals surface area (Å²) < 4.78 is 23.5. The van der Waals surface area contributed by atoms with E-state index in [2.05, 4.69) is 15.2 Å². The molecular weight excluding hydrogens is 685 g/mol. The zero-order valence-electron chi connectivity index (χ0n) is 27.5. The molecule has 0 saturated carbocycles. The third-order valence-corrected chi connectivity index (χ3v) is 10.8. The zero-order valence-corrected chi connectivity index (χ0v) is 29.8. The number of methoxy groups -OCH3 is 1. The Labute approximate surface area is 300 Å². The molecule has 4 aromatic rings. The highest BCUT2D eigenvalue weighted by molar-refractivity contribution is 7.13. The number of thiophene rings is 1.